The number of hydrogen-bond acceptors (Lipinski definition) is 4. The van der Waals surface area contributed by atoms with Crippen LogP contribution >= 0.6 is 11.6 Å². The van der Waals surface area contributed by atoms with Gasteiger partial charge in [0, 0.05) is 11.6 Å². The highest BCUT2D eigenvalue weighted by Gasteiger charge is 2.27. The molecule has 0 unspecified atom stereocenters. The number of aromatic nitrogens is 2. The highest BCUT2D eigenvalue weighted by Crippen LogP contribution is 2.30. The first-order valence-corrected chi connectivity index (χ1v) is 9.25. The molecule has 27 heavy (non-hydrogen) atoms. The zero-order chi connectivity index (χ0) is 18.8. The minimum atomic E-state index is -0.341. The normalized spacial score (nSPS) is 16.0. The first kappa shape index (κ1) is 17.7. The van der Waals surface area contributed by atoms with E-state index >= 15 is 0 Å². The van der Waals surface area contributed by atoms with Gasteiger partial charge in [-0.05, 0) is 48.7 Å². The number of H-pyrrole nitrogens is 1. The molecule has 0 spiro atoms. The summed E-state index contributed by atoms with van der Waals surface area (Å²) in [6, 6.07) is 12.9. The van der Waals surface area contributed by atoms with E-state index in [0.717, 1.165) is 22.3 Å². The number of fused-ring (bicyclic) bond motifs is 2. The van der Waals surface area contributed by atoms with E-state index in [9.17, 15) is 9.59 Å². The van der Waals surface area contributed by atoms with E-state index in [0.29, 0.717) is 31.0 Å². The Balaban J connectivity index is 1.31. The van der Waals surface area contributed by atoms with Crippen molar-refractivity contribution in [2.75, 3.05) is 13.2 Å². The molecule has 0 saturated heterocycles. The molecule has 1 atom stereocenters. The van der Waals surface area contributed by atoms with Crippen LogP contribution < -0.4 is 10.4 Å². The number of nitrogens with one attached hydrogen (secondary N) is 1. The van der Waals surface area contributed by atoms with Gasteiger partial charge in [-0.1, -0.05) is 23.7 Å². The first-order valence-electron chi connectivity index (χ1n) is 8.87. The molecule has 0 fully saturated rings. The number of carbonyl (C=O) groups excluding carboxylic acids is 1. The van der Waals surface area contributed by atoms with Gasteiger partial charge in [-0.3, -0.25) is 9.36 Å². The van der Waals surface area contributed by atoms with Gasteiger partial charge in [-0.15, -0.1) is 0 Å². The SMILES string of the molecule is O=C(OCCCn1c(=O)[nH]c2ccccc21)[C@@H]1COc2ccc(Cl)cc2C1. The van der Waals surface area contributed by atoms with Crippen molar-refractivity contribution < 1.29 is 14.3 Å². The summed E-state index contributed by atoms with van der Waals surface area (Å²) in [7, 11) is 0. The van der Waals surface area contributed by atoms with Gasteiger partial charge < -0.3 is 14.5 Å². The minimum Gasteiger partial charge on any atom is -0.492 e. The average Bonchev–Trinajstić information content (AvgIpc) is 2.99. The van der Waals surface area contributed by atoms with Crippen LogP contribution in [0.1, 0.15) is 12.0 Å². The molecule has 0 bridgehead atoms. The van der Waals surface area contributed by atoms with Crippen molar-refractivity contribution in [3.05, 3.63) is 63.5 Å². The second-order valence-electron chi connectivity index (χ2n) is 6.58. The second kappa shape index (κ2) is 7.48. The molecule has 0 amide bonds. The molecule has 1 aliphatic rings. The van der Waals surface area contributed by atoms with Crippen LogP contribution in [-0.2, 0) is 22.5 Å². The quantitative estimate of drug-likeness (QED) is 0.540. The van der Waals surface area contributed by atoms with Crippen LogP contribution in [0.15, 0.2) is 47.3 Å². The molecule has 0 radical (unpaired) electrons. The lowest BCUT2D eigenvalue weighted by Crippen LogP contribution is -2.30. The third kappa shape index (κ3) is 3.71. The van der Waals surface area contributed by atoms with Crippen LogP contribution in [0.5, 0.6) is 5.75 Å². The van der Waals surface area contributed by atoms with E-state index in [1.165, 1.54) is 0 Å². The third-order valence-electron chi connectivity index (χ3n) is 4.71. The number of esters is 1. The predicted molar refractivity (Wildman–Crippen MR) is 102 cm³/mol. The van der Waals surface area contributed by atoms with Crippen molar-refractivity contribution in [3.8, 4) is 5.75 Å². The average molecular weight is 387 g/mol. The molecule has 4 rings (SSSR count). The maximum absolute atomic E-state index is 12.3. The summed E-state index contributed by atoms with van der Waals surface area (Å²) in [5, 5.41) is 0.621. The van der Waals surface area contributed by atoms with Crippen molar-refractivity contribution in [2.24, 2.45) is 5.92 Å². The van der Waals surface area contributed by atoms with Crippen molar-refractivity contribution in [1.29, 1.82) is 0 Å². The first-order chi connectivity index (χ1) is 13.1. The van der Waals surface area contributed by atoms with E-state index < -0.39 is 0 Å². The molecule has 3 aromatic rings. The summed E-state index contributed by atoms with van der Waals surface area (Å²) >= 11 is 6.01. The van der Waals surface area contributed by atoms with Gasteiger partial charge in [0.25, 0.3) is 0 Å². The molecule has 1 N–H and O–H groups in total. The van der Waals surface area contributed by atoms with Crippen molar-refractivity contribution >= 4 is 28.6 Å². The lowest BCUT2D eigenvalue weighted by molar-refractivity contribution is -0.150. The number of ether oxygens (including phenoxy) is 2. The lowest BCUT2D eigenvalue weighted by atomic mass is 9.97. The number of para-hydroxylation sites is 2. The van der Waals surface area contributed by atoms with E-state index in [1.54, 1.807) is 10.6 Å². The maximum Gasteiger partial charge on any atom is 0.326 e. The molecular formula is C20H19ClN2O4. The van der Waals surface area contributed by atoms with E-state index in [2.05, 4.69) is 4.98 Å². The second-order valence-corrected chi connectivity index (χ2v) is 7.02. The molecule has 7 heteroatoms. The van der Waals surface area contributed by atoms with Crippen molar-refractivity contribution in [3.63, 3.8) is 0 Å². The van der Waals surface area contributed by atoms with Gasteiger partial charge >= 0.3 is 11.7 Å². The monoisotopic (exact) mass is 386 g/mol. The lowest BCUT2D eigenvalue weighted by Gasteiger charge is -2.24. The largest absolute Gasteiger partial charge is 0.492 e. The zero-order valence-electron chi connectivity index (χ0n) is 14.6. The van der Waals surface area contributed by atoms with Gasteiger partial charge in [-0.2, -0.15) is 0 Å². The number of aryl methyl sites for hydroxylation is 1. The van der Waals surface area contributed by atoms with Gasteiger partial charge in [0.05, 0.1) is 23.6 Å². The Bertz CT molecular complexity index is 1040. The molecule has 0 aliphatic carbocycles. The Hall–Kier alpha value is -2.73. The Morgan fingerprint density at radius 2 is 2.15 bits per heavy atom. The Kier molecular flexibility index (Phi) is 4.90. The predicted octanol–water partition coefficient (Wildman–Crippen LogP) is 3.17. The number of hydrogen-bond donors (Lipinski definition) is 1. The van der Waals surface area contributed by atoms with E-state index in [4.69, 9.17) is 21.1 Å². The fraction of sp³-hybridized carbons (Fsp3) is 0.300. The van der Waals surface area contributed by atoms with Crippen LogP contribution in [0.4, 0.5) is 0 Å². The summed E-state index contributed by atoms with van der Waals surface area (Å²) in [5.74, 6) is 0.140. The molecule has 1 aromatic heterocycles. The summed E-state index contributed by atoms with van der Waals surface area (Å²) in [5.41, 5.74) is 2.41. The number of imidazole rings is 1. The number of nitrogens with zero attached hydrogens (tertiary/aromatic N) is 1. The van der Waals surface area contributed by atoms with Gasteiger partial charge in [0.2, 0.25) is 0 Å². The highest BCUT2D eigenvalue weighted by molar-refractivity contribution is 6.30. The van der Waals surface area contributed by atoms with Crippen LogP contribution in [0, 0.1) is 5.92 Å². The molecule has 0 saturated carbocycles. The number of halogens is 1. The number of carbonyl (C=O) groups is 1. The summed E-state index contributed by atoms with van der Waals surface area (Å²) < 4.78 is 12.7. The van der Waals surface area contributed by atoms with Crippen LogP contribution in [0.2, 0.25) is 5.02 Å². The van der Waals surface area contributed by atoms with Gasteiger partial charge in [0.15, 0.2) is 0 Å². The van der Waals surface area contributed by atoms with E-state index in [-0.39, 0.29) is 24.2 Å². The summed E-state index contributed by atoms with van der Waals surface area (Å²) in [6.07, 6.45) is 1.11. The fourth-order valence-electron chi connectivity index (χ4n) is 3.36. The smallest absolute Gasteiger partial charge is 0.326 e. The summed E-state index contributed by atoms with van der Waals surface area (Å²) in [6.45, 7) is 1.04. The van der Waals surface area contributed by atoms with Crippen molar-refractivity contribution in [1.82, 2.24) is 9.55 Å². The zero-order valence-corrected chi connectivity index (χ0v) is 15.4. The third-order valence-corrected chi connectivity index (χ3v) is 4.95. The molecule has 140 valence electrons. The van der Waals surface area contributed by atoms with Gasteiger partial charge in [0.1, 0.15) is 12.4 Å². The topological polar surface area (TPSA) is 73.3 Å². The van der Waals surface area contributed by atoms with Crippen molar-refractivity contribution in [2.45, 2.75) is 19.4 Å². The van der Waals surface area contributed by atoms with Crippen LogP contribution in [0.3, 0.4) is 0 Å². The van der Waals surface area contributed by atoms with E-state index in [1.807, 2.05) is 36.4 Å². The molecule has 1 aliphatic heterocycles. The maximum atomic E-state index is 12.3. The van der Waals surface area contributed by atoms with Crippen LogP contribution in [-0.4, -0.2) is 28.7 Å². The molecule has 2 aromatic carbocycles. The molecule has 2 heterocycles. The molecule has 6 nitrogen and oxygen atoms in total. The van der Waals surface area contributed by atoms with Crippen LogP contribution in [0.25, 0.3) is 11.0 Å². The standard InChI is InChI=1S/C20H19ClN2O4/c21-15-6-7-18-13(11-15)10-14(12-27-18)19(24)26-9-3-8-23-17-5-2-1-4-16(17)22-20(23)25/h1-2,4-7,11,14H,3,8-10,12H2,(H,22,25)/t14-/m0/s1. The van der Waals surface area contributed by atoms with Gasteiger partial charge in [-0.25, -0.2) is 4.79 Å². The Morgan fingerprint density at radius 1 is 1.30 bits per heavy atom. The summed E-state index contributed by atoms with van der Waals surface area (Å²) in [4.78, 5) is 27.2. The number of benzene rings is 2. The number of rotatable bonds is 5. The molecular weight excluding hydrogens is 368 g/mol. The number of aromatic amines is 1. The minimum absolute atomic E-state index is 0.156. The highest BCUT2D eigenvalue weighted by atomic mass is 35.5. The Morgan fingerprint density at radius 3 is 3.04 bits per heavy atom. The fourth-order valence-corrected chi connectivity index (χ4v) is 3.55. The Labute approximate surface area is 160 Å².